The van der Waals surface area contributed by atoms with Gasteiger partial charge in [0.05, 0.1) is 25.0 Å². The summed E-state index contributed by atoms with van der Waals surface area (Å²) in [4.78, 5) is 22.6. The Morgan fingerprint density at radius 2 is 2.05 bits per heavy atom. The van der Waals surface area contributed by atoms with Crippen molar-refractivity contribution in [1.82, 2.24) is 0 Å². The zero-order valence-electron chi connectivity index (χ0n) is 11.1. The first-order valence-electron chi connectivity index (χ1n) is 5.79. The van der Waals surface area contributed by atoms with Crippen molar-refractivity contribution in [2.24, 2.45) is 5.92 Å². The number of carbonyl (C=O) groups excluding carboxylic acids is 1. The summed E-state index contributed by atoms with van der Waals surface area (Å²) < 4.78 is 9.86. The second-order valence-corrected chi connectivity index (χ2v) is 4.33. The standard InChI is InChI=1S/C13H17NO5/c1-8(2)7-19-13(17)14-11-5-4-9(18-3)6-10(11)12(15)16/h4-6,8H,7H2,1-3H3,(H,14,17)(H,15,16). The Kier molecular flexibility index (Phi) is 5.17. The Bertz CT molecular complexity index is 470. The zero-order valence-corrected chi connectivity index (χ0v) is 11.1. The van der Waals surface area contributed by atoms with Gasteiger partial charge < -0.3 is 14.6 Å². The number of carbonyl (C=O) groups is 2. The highest BCUT2D eigenvalue weighted by Crippen LogP contribution is 2.22. The number of anilines is 1. The number of carboxylic acids is 1. The highest BCUT2D eigenvalue weighted by atomic mass is 16.5. The lowest BCUT2D eigenvalue weighted by Gasteiger charge is -2.11. The van der Waals surface area contributed by atoms with E-state index in [2.05, 4.69) is 5.32 Å². The molecule has 0 saturated heterocycles. The number of nitrogens with one attached hydrogen (secondary N) is 1. The maximum Gasteiger partial charge on any atom is 0.411 e. The van der Waals surface area contributed by atoms with E-state index in [4.69, 9.17) is 14.6 Å². The normalized spacial score (nSPS) is 10.1. The third-order valence-corrected chi connectivity index (χ3v) is 2.24. The average Bonchev–Trinajstić information content (AvgIpc) is 2.36. The molecule has 1 aromatic carbocycles. The summed E-state index contributed by atoms with van der Waals surface area (Å²) in [6, 6.07) is 4.35. The Morgan fingerprint density at radius 3 is 2.58 bits per heavy atom. The van der Waals surface area contributed by atoms with Gasteiger partial charge in [-0.15, -0.1) is 0 Å². The zero-order chi connectivity index (χ0) is 14.4. The largest absolute Gasteiger partial charge is 0.497 e. The van der Waals surface area contributed by atoms with Crippen LogP contribution in [-0.4, -0.2) is 30.9 Å². The fourth-order valence-electron chi connectivity index (χ4n) is 1.32. The van der Waals surface area contributed by atoms with Crippen LogP contribution in [0.1, 0.15) is 24.2 Å². The topological polar surface area (TPSA) is 84.9 Å². The van der Waals surface area contributed by atoms with E-state index in [1.165, 1.54) is 19.2 Å². The minimum absolute atomic E-state index is 0.0548. The van der Waals surface area contributed by atoms with Crippen molar-refractivity contribution in [2.75, 3.05) is 19.0 Å². The lowest BCUT2D eigenvalue weighted by atomic mass is 10.1. The third-order valence-electron chi connectivity index (χ3n) is 2.24. The van der Waals surface area contributed by atoms with Crippen LogP contribution in [0, 0.1) is 5.92 Å². The maximum atomic E-state index is 11.5. The number of hydrogen-bond acceptors (Lipinski definition) is 4. The van der Waals surface area contributed by atoms with Crippen LogP contribution in [0.25, 0.3) is 0 Å². The number of amides is 1. The molecule has 1 rings (SSSR count). The van der Waals surface area contributed by atoms with E-state index >= 15 is 0 Å². The number of rotatable bonds is 5. The first-order chi connectivity index (χ1) is 8.93. The van der Waals surface area contributed by atoms with Crippen molar-refractivity contribution in [1.29, 1.82) is 0 Å². The minimum atomic E-state index is -1.15. The SMILES string of the molecule is COc1ccc(NC(=O)OCC(C)C)c(C(=O)O)c1. The molecule has 0 spiro atoms. The number of carboxylic acid groups (broad SMARTS) is 1. The van der Waals surface area contributed by atoms with Crippen molar-refractivity contribution in [3.8, 4) is 5.75 Å². The molecule has 0 bridgehead atoms. The van der Waals surface area contributed by atoms with Crippen molar-refractivity contribution in [2.45, 2.75) is 13.8 Å². The number of aromatic carboxylic acids is 1. The van der Waals surface area contributed by atoms with Gasteiger partial charge in [-0.05, 0) is 24.1 Å². The molecule has 0 saturated carbocycles. The van der Waals surface area contributed by atoms with Crippen molar-refractivity contribution in [3.05, 3.63) is 23.8 Å². The van der Waals surface area contributed by atoms with Crippen molar-refractivity contribution >= 4 is 17.7 Å². The van der Waals surface area contributed by atoms with E-state index in [0.717, 1.165) is 0 Å². The summed E-state index contributed by atoms with van der Waals surface area (Å²) in [5.41, 5.74) is 0.114. The molecule has 0 unspecified atom stereocenters. The van der Waals surface area contributed by atoms with Crippen molar-refractivity contribution < 1.29 is 24.2 Å². The Hall–Kier alpha value is -2.24. The van der Waals surface area contributed by atoms with Gasteiger partial charge in [-0.1, -0.05) is 13.8 Å². The Morgan fingerprint density at radius 1 is 1.37 bits per heavy atom. The molecule has 0 aromatic heterocycles. The molecule has 6 heteroatoms. The summed E-state index contributed by atoms with van der Waals surface area (Å²) in [6.07, 6.45) is -0.679. The van der Waals surface area contributed by atoms with E-state index in [1.807, 2.05) is 13.8 Å². The quantitative estimate of drug-likeness (QED) is 0.856. The van der Waals surface area contributed by atoms with E-state index in [0.29, 0.717) is 5.75 Å². The third kappa shape index (κ3) is 4.50. The molecule has 0 fully saturated rings. The van der Waals surface area contributed by atoms with E-state index in [1.54, 1.807) is 6.07 Å². The van der Waals surface area contributed by atoms with Gasteiger partial charge in [0.1, 0.15) is 5.75 Å². The van der Waals surface area contributed by atoms with E-state index in [-0.39, 0.29) is 23.8 Å². The molecule has 19 heavy (non-hydrogen) atoms. The molecule has 0 heterocycles. The second kappa shape index (κ2) is 6.63. The molecule has 0 aliphatic carbocycles. The molecular weight excluding hydrogens is 250 g/mol. The van der Waals surface area contributed by atoms with Gasteiger partial charge in [0.15, 0.2) is 0 Å². The minimum Gasteiger partial charge on any atom is -0.497 e. The molecule has 0 atom stereocenters. The predicted octanol–water partition coefficient (Wildman–Crippen LogP) is 2.60. The molecule has 1 aromatic rings. The first kappa shape index (κ1) is 14.8. The van der Waals surface area contributed by atoms with Crippen LogP contribution in [-0.2, 0) is 4.74 Å². The summed E-state index contributed by atoms with van der Waals surface area (Å²) in [7, 11) is 1.44. The van der Waals surface area contributed by atoms with Crippen LogP contribution in [0.5, 0.6) is 5.75 Å². The molecule has 0 aliphatic heterocycles. The maximum absolute atomic E-state index is 11.5. The molecule has 6 nitrogen and oxygen atoms in total. The van der Waals surface area contributed by atoms with Crippen LogP contribution < -0.4 is 10.1 Å². The lowest BCUT2D eigenvalue weighted by Crippen LogP contribution is -2.18. The van der Waals surface area contributed by atoms with Gasteiger partial charge in [0, 0.05) is 0 Å². The summed E-state index contributed by atoms with van der Waals surface area (Å²) in [5.74, 6) is -0.544. The van der Waals surface area contributed by atoms with Crippen LogP contribution in [0.4, 0.5) is 10.5 Å². The average molecular weight is 267 g/mol. The molecule has 0 radical (unpaired) electrons. The number of methoxy groups -OCH3 is 1. The van der Waals surface area contributed by atoms with Gasteiger partial charge in [0.25, 0.3) is 0 Å². The molecule has 104 valence electrons. The van der Waals surface area contributed by atoms with Gasteiger partial charge in [-0.2, -0.15) is 0 Å². The van der Waals surface area contributed by atoms with Crippen LogP contribution in [0.2, 0.25) is 0 Å². The lowest BCUT2D eigenvalue weighted by molar-refractivity contribution is 0.0697. The number of benzene rings is 1. The molecule has 1 amide bonds. The van der Waals surface area contributed by atoms with Gasteiger partial charge in [-0.3, -0.25) is 5.32 Å². The Balaban J connectivity index is 2.82. The molecular formula is C13H17NO5. The molecule has 2 N–H and O–H groups in total. The van der Waals surface area contributed by atoms with E-state index < -0.39 is 12.1 Å². The van der Waals surface area contributed by atoms with Gasteiger partial charge in [0.2, 0.25) is 0 Å². The van der Waals surface area contributed by atoms with Gasteiger partial charge in [-0.25, -0.2) is 9.59 Å². The summed E-state index contributed by atoms with van der Waals surface area (Å²) in [5, 5.41) is 11.5. The highest BCUT2D eigenvalue weighted by molar-refractivity contribution is 5.99. The van der Waals surface area contributed by atoms with Crippen molar-refractivity contribution in [3.63, 3.8) is 0 Å². The molecule has 0 aliphatic rings. The van der Waals surface area contributed by atoms with Crippen LogP contribution in [0.15, 0.2) is 18.2 Å². The smallest absolute Gasteiger partial charge is 0.411 e. The first-order valence-corrected chi connectivity index (χ1v) is 5.79. The summed E-state index contributed by atoms with van der Waals surface area (Å²) in [6.45, 7) is 4.08. The summed E-state index contributed by atoms with van der Waals surface area (Å²) >= 11 is 0. The second-order valence-electron chi connectivity index (χ2n) is 4.33. The predicted molar refractivity (Wildman–Crippen MR) is 69.8 cm³/mol. The fraction of sp³-hybridized carbons (Fsp3) is 0.385. The monoisotopic (exact) mass is 267 g/mol. The van der Waals surface area contributed by atoms with E-state index in [9.17, 15) is 9.59 Å². The van der Waals surface area contributed by atoms with Crippen LogP contribution >= 0.6 is 0 Å². The number of ether oxygens (including phenoxy) is 2. The highest BCUT2D eigenvalue weighted by Gasteiger charge is 2.14. The van der Waals surface area contributed by atoms with Gasteiger partial charge >= 0.3 is 12.1 Å². The van der Waals surface area contributed by atoms with Crippen LogP contribution in [0.3, 0.4) is 0 Å². The number of hydrogen-bond donors (Lipinski definition) is 2. The Labute approximate surface area is 111 Å². The fourth-order valence-corrected chi connectivity index (χ4v) is 1.32.